The van der Waals surface area contributed by atoms with Crippen LogP contribution in [0.25, 0.3) is 0 Å². The predicted molar refractivity (Wildman–Crippen MR) is 58.9 cm³/mol. The van der Waals surface area contributed by atoms with Crippen LogP contribution in [0.3, 0.4) is 0 Å². The summed E-state index contributed by atoms with van der Waals surface area (Å²) < 4.78 is 1.79. The molecule has 0 aromatic carbocycles. The van der Waals surface area contributed by atoms with E-state index in [9.17, 15) is 0 Å². The van der Waals surface area contributed by atoms with Gasteiger partial charge in [-0.1, -0.05) is 0 Å². The lowest BCUT2D eigenvalue weighted by molar-refractivity contribution is 0.432. The molecular weight excluding hydrogens is 188 g/mol. The maximum Gasteiger partial charge on any atom is 0.0684 e. The molecule has 0 bridgehead atoms. The topological polar surface area (TPSA) is 53.6 Å². The molecule has 4 nitrogen and oxygen atoms in total. The molecule has 0 aliphatic rings. The van der Waals surface area contributed by atoms with Gasteiger partial charge in [0.2, 0.25) is 0 Å². The summed E-state index contributed by atoms with van der Waals surface area (Å²) in [7, 11) is 1.91. The zero-order valence-corrected chi connectivity index (χ0v) is 9.62. The summed E-state index contributed by atoms with van der Waals surface area (Å²) in [5.41, 5.74) is 0.939. The Morgan fingerprint density at radius 2 is 2.33 bits per heavy atom. The molecule has 0 aliphatic heterocycles. The van der Waals surface area contributed by atoms with E-state index in [0.717, 1.165) is 19.5 Å². The van der Waals surface area contributed by atoms with Crippen LogP contribution in [0.4, 0.5) is 0 Å². The van der Waals surface area contributed by atoms with Crippen molar-refractivity contribution in [2.24, 2.45) is 12.5 Å². The van der Waals surface area contributed by atoms with E-state index in [2.05, 4.69) is 16.5 Å². The van der Waals surface area contributed by atoms with Crippen molar-refractivity contribution in [2.75, 3.05) is 6.54 Å². The summed E-state index contributed by atoms with van der Waals surface area (Å²) in [5, 5.41) is 16.2. The van der Waals surface area contributed by atoms with Gasteiger partial charge in [0.05, 0.1) is 17.7 Å². The van der Waals surface area contributed by atoms with Gasteiger partial charge in [0, 0.05) is 25.4 Å². The van der Waals surface area contributed by atoms with Gasteiger partial charge in [-0.3, -0.25) is 4.68 Å². The second-order valence-electron chi connectivity index (χ2n) is 4.44. The summed E-state index contributed by atoms with van der Waals surface area (Å²) in [5.74, 6) is 0. The molecule has 0 atom stereocenters. The van der Waals surface area contributed by atoms with E-state index < -0.39 is 0 Å². The van der Waals surface area contributed by atoms with Crippen LogP contribution < -0.4 is 5.32 Å². The average molecular weight is 206 g/mol. The fraction of sp³-hybridized carbons (Fsp3) is 0.636. The summed E-state index contributed by atoms with van der Waals surface area (Å²) in [6.07, 6.45) is 4.70. The minimum Gasteiger partial charge on any atom is -0.313 e. The highest BCUT2D eigenvalue weighted by Crippen LogP contribution is 2.17. The third-order valence-corrected chi connectivity index (χ3v) is 2.32. The molecule has 15 heavy (non-hydrogen) atoms. The minimum atomic E-state index is -0.234. The first-order valence-electron chi connectivity index (χ1n) is 5.13. The highest BCUT2D eigenvalue weighted by molar-refractivity contribution is 5.02. The monoisotopic (exact) mass is 206 g/mol. The third-order valence-electron chi connectivity index (χ3n) is 2.32. The molecule has 0 fully saturated rings. The SMILES string of the molecule is Cn1cc(CNCCC(C)(C)C#N)cn1. The highest BCUT2D eigenvalue weighted by Gasteiger charge is 2.15. The molecule has 1 heterocycles. The van der Waals surface area contributed by atoms with E-state index in [1.165, 1.54) is 5.56 Å². The maximum absolute atomic E-state index is 8.82. The standard InChI is InChI=1S/C11H18N4/c1-11(2,9-12)4-5-13-6-10-7-14-15(3)8-10/h7-8,13H,4-6H2,1-3H3. The van der Waals surface area contributed by atoms with Crippen molar-refractivity contribution in [3.8, 4) is 6.07 Å². The maximum atomic E-state index is 8.82. The molecule has 0 amide bonds. The molecule has 1 rings (SSSR count). The normalized spacial score (nSPS) is 11.3. The van der Waals surface area contributed by atoms with Crippen LogP contribution in [0.5, 0.6) is 0 Å². The van der Waals surface area contributed by atoms with Crippen LogP contribution in [0.2, 0.25) is 0 Å². The number of nitrogens with one attached hydrogen (secondary N) is 1. The fourth-order valence-electron chi connectivity index (χ4n) is 1.25. The average Bonchev–Trinajstić information content (AvgIpc) is 2.59. The summed E-state index contributed by atoms with van der Waals surface area (Å²) in [6, 6.07) is 2.29. The second-order valence-corrected chi connectivity index (χ2v) is 4.44. The Labute approximate surface area is 90.9 Å². The van der Waals surface area contributed by atoms with Gasteiger partial charge in [-0.25, -0.2) is 0 Å². The molecule has 0 aliphatic carbocycles. The number of aromatic nitrogens is 2. The Morgan fingerprint density at radius 3 is 2.87 bits per heavy atom. The van der Waals surface area contributed by atoms with Gasteiger partial charge >= 0.3 is 0 Å². The summed E-state index contributed by atoms with van der Waals surface area (Å²) >= 11 is 0. The largest absolute Gasteiger partial charge is 0.313 e. The minimum absolute atomic E-state index is 0.234. The van der Waals surface area contributed by atoms with E-state index in [1.807, 2.05) is 33.3 Å². The number of nitrogens with zero attached hydrogens (tertiary/aromatic N) is 3. The van der Waals surface area contributed by atoms with E-state index in [0.29, 0.717) is 0 Å². The van der Waals surface area contributed by atoms with Crippen LogP contribution in [-0.4, -0.2) is 16.3 Å². The first-order chi connectivity index (χ1) is 7.03. The van der Waals surface area contributed by atoms with Crippen molar-refractivity contribution in [2.45, 2.75) is 26.8 Å². The van der Waals surface area contributed by atoms with Gasteiger partial charge in [-0.15, -0.1) is 0 Å². The Morgan fingerprint density at radius 1 is 1.60 bits per heavy atom. The molecule has 0 saturated heterocycles. The summed E-state index contributed by atoms with van der Waals surface area (Å²) in [4.78, 5) is 0. The van der Waals surface area contributed by atoms with Gasteiger partial charge in [-0.05, 0) is 26.8 Å². The van der Waals surface area contributed by atoms with Crippen molar-refractivity contribution in [3.05, 3.63) is 18.0 Å². The second kappa shape index (κ2) is 4.94. The van der Waals surface area contributed by atoms with Crippen LogP contribution >= 0.6 is 0 Å². The van der Waals surface area contributed by atoms with Crippen LogP contribution in [0.1, 0.15) is 25.8 Å². The number of nitriles is 1. The molecule has 1 aromatic rings. The van der Waals surface area contributed by atoms with E-state index in [4.69, 9.17) is 5.26 Å². The molecule has 4 heteroatoms. The first kappa shape index (κ1) is 11.7. The molecule has 1 N–H and O–H groups in total. The zero-order valence-electron chi connectivity index (χ0n) is 9.62. The number of rotatable bonds is 5. The molecule has 1 aromatic heterocycles. The Kier molecular flexibility index (Phi) is 3.87. The lowest BCUT2D eigenvalue weighted by atomic mass is 9.91. The highest BCUT2D eigenvalue weighted by atomic mass is 15.2. The Balaban J connectivity index is 2.21. The molecular formula is C11H18N4. The molecule has 82 valence electrons. The number of hydrogen-bond acceptors (Lipinski definition) is 3. The predicted octanol–water partition coefficient (Wildman–Crippen LogP) is 1.45. The van der Waals surface area contributed by atoms with Crippen molar-refractivity contribution in [1.82, 2.24) is 15.1 Å². The quantitative estimate of drug-likeness (QED) is 0.742. The molecule has 0 unspecified atom stereocenters. The first-order valence-corrected chi connectivity index (χ1v) is 5.13. The van der Waals surface area contributed by atoms with Gasteiger partial charge in [-0.2, -0.15) is 10.4 Å². The Bertz CT molecular complexity index is 346. The van der Waals surface area contributed by atoms with Crippen LogP contribution in [0.15, 0.2) is 12.4 Å². The van der Waals surface area contributed by atoms with E-state index in [1.54, 1.807) is 4.68 Å². The van der Waals surface area contributed by atoms with Gasteiger partial charge < -0.3 is 5.32 Å². The Hall–Kier alpha value is -1.34. The summed E-state index contributed by atoms with van der Waals surface area (Å²) in [6.45, 7) is 5.59. The van der Waals surface area contributed by atoms with Crippen molar-refractivity contribution < 1.29 is 0 Å². The van der Waals surface area contributed by atoms with Crippen LogP contribution in [-0.2, 0) is 13.6 Å². The van der Waals surface area contributed by atoms with Crippen molar-refractivity contribution >= 4 is 0 Å². The van der Waals surface area contributed by atoms with Gasteiger partial charge in [0.1, 0.15) is 0 Å². The lowest BCUT2D eigenvalue weighted by Crippen LogP contribution is -2.20. The molecule has 0 saturated carbocycles. The molecule has 0 spiro atoms. The van der Waals surface area contributed by atoms with Gasteiger partial charge in [0.15, 0.2) is 0 Å². The number of aryl methyl sites for hydroxylation is 1. The van der Waals surface area contributed by atoms with Crippen molar-refractivity contribution in [3.63, 3.8) is 0 Å². The number of hydrogen-bond donors (Lipinski definition) is 1. The van der Waals surface area contributed by atoms with Gasteiger partial charge in [0.25, 0.3) is 0 Å². The third kappa shape index (κ3) is 4.13. The zero-order chi connectivity index (χ0) is 11.3. The smallest absolute Gasteiger partial charge is 0.0684 e. The molecule has 0 radical (unpaired) electrons. The lowest BCUT2D eigenvalue weighted by Gasteiger charge is -2.14. The van der Waals surface area contributed by atoms with E-state index in [-0.39, 0.29) is 5.41 Å². The fourth-order valence-corrected chi connectivity index (χ4v) is 1.25. The van der Waals surface area contributed by atoms with Crippen LogP contribution in [0, 0.1) is 16.7 Å². The van der Waals surface area contributed by atoms with Crippen molar-refractivity contribution in [1.29, 1.82) is 5.26 Å². The van der Waals surface area contributed by atoms with E-state index >= 15 is 0 Å².